The number of quaternary nitrogens is 1. The SMILES string of the molecule is C[NH2+]CC1Cc2ccc(C)cc2N(C(=O)CCc2ccc(-c3ccccc3)cc2)C1. The summed E-state index contributed by atoms with van der Waals surface area (Å²) in [7, 11) is 2.11. The van der Waals surface area contributed by atoms with Crippen LogP contribution in [0.3, 0.4) is 0 Å². The number of nitrogens with zero attached hydrogens (tertiary/aromatic N) is 1. The van der Waals surface area contributed by atoms with Crippen LogP contribution >= 0.6 is 0 Å². The maximum absolute atomic E-state index is 13.2. The van der Waals surface area contributed by atoms with Gasteiger partial charge in [-0.05, 0) is 53.6 Å². The van der Waals surface area contributed by atoms with Crippen LogP contribution in [-0.4, -0.2) is 26.0 Å². The average Bonchev–Trinajstić information content (AvgIpc) is 2.78. The van der Waals surface area contributed by atoms with E-state index in [1.54, 1.807) is 0 Å². The maximum atomic E-state index is 13.2. The Morgan fingerprint density at radius 3 is 2.47 bits per heavy atom. The summed E-state index contributed by atoms with van der Waals surface area (Å²) in [4.78, 5) is 15.2. The standard InChI is InChI=1S/C27H30N2O/c1-20-8-12-25-17-22(18-28-2)19-29(26(25)16-20)27(30)15-11-21-9-13-24(14-10-21)23-6-4-3-5-7-23/h3-10,12-14,16,22,28H,11,15,17-19H2,1-2H3/p+1. The molecule has 0 saturated heterocycles. The molecule has 0 aromatic heterocycles. The number of rotatable bonds is 6. The lowest BCUT2D eigenvalue weighted by Crippen LogP contribution is -2.82. The molecule has 3 heteroatoms. The summed E-state index contributed by atoms with van der Waals surface area (Å²) in [5.41, 5.74) is 7.28. The zero-order chi connectivity index (χ0) is 20.9. The summed E-state index contributed by atoms with van der Waals surface area (Å²) in [6, 6.07) is 25.6. The van der Waals surface area contributed by atoms with Crippen molar-refractivity contribution in [1.29, 1.82) is 0 Å². The van der Waals surface area contributed by atoms with E-state index in [4.69, 9.17) is 0 Å². The molecule has 0 radical (unpaired) electrons. The molecule has 0 bridgehead atoms. The third-order valence-electron chi connectivity index (χ3n) is 6.04. The number of fused-ring (bicyclic) bond motifs is 1. The van der Waals surface area contributed by atoms with Crippen molar-refractivity contribution in [2.24, 2.45) is 5.92 Å². The molecule has 1 amide bonds. The Labute approximate surface area is 179 Å². The number of benzene rings is 3. The molecule has 3 aromatic carbocycles. The molecule has 3 nitrogen and oxygen atoms in total. The minimum absolute atomic E-state index is 0.231. The van der Waals surface area contributed by atoms with E-state index in [0.717, 1.165) is 31.6 Å². The van der Waals surface area contributed by atoms with Gasteiger partial charge in [-0.15, -0.1) is 0 Å². The van der Waals surface area contributed by atoms with E-state index in [1.807, 2.05) is 11.0 Å². The molecule has 154 valence electrons. The number of nitrogens with two attached hydrogens (primary N) is 1. The third-order valence-corrected chi connectivity index (χ3v) is 6.04. The Hall–Kier alpha value is -2.91. The normalized spacial score (nSPS) is 15.7. The highest BCUT2D eigenvalue weighted by atomic mass is 16.2. The lowest BCUT2D eigenvalue weighted by atomic mass is 9.91. The van der Waals surface area contributed by atoms with Gasteiger partial charge in [0.15, 0.2) is 0 Å². The predicted molar refractivity (Wildman–Crippen MR) is 124 cm³/mol. The highest BCUT2D eigenvalue weighted by molar-refractivity contribution is 5.95. The van der Waals surface area contributed by atoms with Crippen molar-refractivity contribution in [1.82, 2.24) is 0 Å². The minimum Gasteiger partial charge on any atom is -0.348 e. The van der Waals surface area contributed by atoms with Crippen LogP contribution in [0.15, 0.2) is 72.8 Å². The van der Waals surface area contributed by atoms with Crippen molar-refractivity contribution >= 4 is 11.6 Å². The number of carbonyl (C=O) groups is 1. The minimum atomic E-state index is 0.231. The molecule has 1 aliphatic heterocycles. The highest BCUT2D eigenvalue weighted by Crippen LogP contribution is 2.31. The summed E-state index contributed by atoms with van der Waals surface area (Å²) >= 11 is 0. The van der Waals surface area contributed by atoms with Gasteiger partial charge in [-0.25, -0.2) is 0 Å². The number of hydrogen-bond donors (Lipinski definition) is 1. The van der Waals surface area contributed by atoms with Gasteiger partial charge in [-0.3, -0.25) is 4.79 Å². The summed E-state index contributed by atoms with van der Waals surface area (Å²) in [5, 5.41) is 2.22. The van der Waals surface area contributed by atoms with Crippen molar-refractivity contribution in [2.45, 2.75) is 26.2 Å². The zero-order valence-electron chi connectivity index (χ0n) is 18.0. The van der Waals surface area contributed by atoms with E-state index >= 15 is 0 Å². The summed E-state index contributed by atoms with van der Waals surface area (Å²) in [5.74, 6) is 0.745. The number of aryl methyl sites for hydroxylation is 2. The van der Waals surface area contributed by atoms with E-state index in [-0.39, 0.29) is 5.91 Å². The topological polar surface area (TPSA) is 36.9 Å². The Balaban J connectivity index is 1.45. The zero-order valence-corrected chi connectivity index (χ0v) is 18.0. The van der Waals surface area contributed by atoms with E-state index in [1.165, 1.54) is 27.8 Å². The molecule has 0 fully saturated rings. The monoisotopic (exact) mass is 399 g/mol. The molecule has 0 spiro atoms. The fourth-order valence-electron chi connectivity index (χ4n) is 4.44. The second-order valence-electron chi connectivity index (χ2n) is 8.41. The highest BCUT2D eigenvalue weighted by Gasteiger charge is 2.29. The molecule has 2 N–H and O–H groups in total. The Kier molecular flexibility index (Phi) is 6.29. The third kappa shape index (κ3) is 4.63. The van der Waals surface area contributed by atoms with Gasteiger partial charge in [0.2, 0.25) is 5.91 Å². The molecule has 1 unspecified atom stereocenters. The van der Waals surface area contributed by atoms with Crippen molar-refractivity contribution in [3.63, 3.8) is 0 Å². The molecular weight excluding hydrogens is 368 g/mol. The molecule has 3 aromatic rings. The van der Waals surface area contributed by atoms with Crippen molar-refractivity contribution in [3.8, 4) is 11.1 Å². The van der Waals surface area contributed by atoms with E-state index < -0.39 is 0 Å². The Morgan fingerprint density at radius 1 is 1.00 bits per heavy atom. The Bertz CT molecular complexity index is 995. The van der Waals surface area contributed by atoms with Crippen molar-refractivity contribution in [2.75, 3.05) is 25.0 Å². The second kappa shape index (κ2) is 9.27. The first-order valence-corrected chi connectivity index (χ1v) is 11.0. The lowest BCUT2D eigenvalue weighted by molar-refractivity contribution is -0.632. The van der Waals surface area contributed by atoms with Gasteiger partial charge < -0.3 is 10.2 Å². The van der Waals surface area contributed by atoms with E-state index in [2.05, 4.69) is 86.0 Å². The van der Waals surface area contributed by atoms with Crippen LogP contribution in [0.2, 0.25) is 0 Å². The summed E-state index contributed by atoms with van der Waals surface area (Å²) in [6.07, 6.45) is 2.38. The molecule has 30 heavy (non-hydrogen) atoms. The first kappa shape index (κ1) is 20.4. The van der Waals surface area contributed by atoms with Crippen LogP contribution in [-0.2, 0) is 17.6 Å². The molecule has 1 heterocycles. The van der Waals surface area contributed by atoms with Gasteiger partial charge in [0.25, 0.3) is 0 Å². The van der Waals surface area contributed by atoms with Crippen LogP contribution in [0, 0.1) is 12.8 Å². The maximum Gasteiger partial charge on any atom is 0.227 e. The number of hydrogen-bond acceptors (Lipinski definition) is 1. The Morgan fingerprint density at radius 2 is 1.73 bits per heavy atom. The van der Waals surface area contributed by atoms with Crippen LogP contribution in [0.25, 0.3) is 11.1 Å². The first-order valence-electron chi connectivity index (χ1n) is 11.0. The quantitative estimate of drug-likeness (QED) is 0.668. The van der Waals surface area contributed by atoms with Gasteiger partial charge in [-0.1, -0.05) is 66.7 Å². The van der Waals surface area contributed by atoms with Crippen LogP contribution in [0.5, 0.6) is 0 Å². The molecule has 4 rings (SSSR count). The van der Waals surface area contributed by atoms with Gasteiger partial charge in [0.05, 0.1) is 13.6 Å². The van der Waals surface area contributed by atoms with Gasteiger partial charge in [-0.2, -0.15) is 0 Å². The fraction of sp³-hybridized carbons (Fsp3) is 0.296. The number of amides is 1. The largest absolute Gasteiger partial charge is 0.348 e. The summed E-state index contributed by atoms with van der Waals surface area (Å²) < 4.78 is 0. The van der Waals surface area contributed by atoms with Gasteiger partial charge in [0, 0.05) is 24.6 Å². The molecular formula is C27H31N2O+. The first-order chi connectivity index (χ1) is 14.6. The van der Waals surface area contributed by atoms with Crippen LogP contribution < -0.4 is 10.2 Å². The number of anilines is 1. The van der Waals surface area contributed by atoms with Crippen LogP contribution in [0.1, 0.15) is 23.1 Å². The second-order valence-corrected chi connectivity index (χ2v) is 8.41. The predicted octanol–water partition coefficient (Wildman–Crippen LogP) is 3.99. The van der Waals surface area contributed by atoms with Crippen molar-refractivity contribution in [3.05, 3.63) is 89.5 Å². The molecule has 1 aliphatic rings. The average molecular weight is 400 g/mol. The van der Waals surface area contributed by atoms with Crippen molar-refractivity contribution < 1.29 is 10.1 Å². The van der Waals surface area contributed by atoms with Gasteiger partial charge >= 0.3 is 0 Å². The fourth-order valence-corrected chi connectivity index (χ4v) is 4.44. The van der Waals surface area contributed by atoms with E-state index in [0.29, 0.717) is 12.3 Å². The van der Waals surface area contributed by atoms with Crippen LogP contribution in [0.4, 0.5) is 5.69 Å². The molecule has 1 atom stereocenters. The lowest BCUT2D eigenvalue weighted by Gasteiger charge is -2.34. The molecule has 0 saturated carbocycles. The number of carbonyl (C=O) groups excluding carboxylic acids is 1. The smallest absolute Gasteiger partial charge is 0.227 e. The summed E-state index contributed by atoms with van der Waals surface area (Å²) in [6.45, 7) is 3.98. The molecule has 0 aliphatic carbocycles. The van der Waals surface area contributed by atoms with Gasteiger partial charge in [0.1, 0.15) is 0 Å². The van der Waals surface area contributed by atoms with E-state index in [9.17, 15) is 4.79 Å².